The van der Waals surface area contributed by atoms with E-state index in [-0.39, 0.29) is 42.0 Å². The summed E-state index contributed by atoms with van der Waals surface area (Å²) in [6.07, 6.45) is 3.92. The molecule has 6 aromatic heterocycles. The van der Waals surface area contributed by atoms with Crippen LogP contribution >= 0.6 is 0 Å². The number of hydrogen-bond donors (Lipinski definition) is 4. The standard InChI is InChI=1S/C22H28N4O3.C13H17N3O2.C8H12N2O2/c1-13-12-19(29-6)16(22(28)24-13)9-10-18(27)20-14(2)21(15(3)25(4)5)26-17(20)8-7-11-23-26;1-8-11(13(17)18)10-6-5-7-14-16(10)12(8)9(2)15(3)4;1-5-3-7(12-2)6(4-9)8(11)10-5/h7-8,11-12,15H,9-10H2,1-6H3,(H,24,28);5-7,9H,1-4H3,(H,17,18);3H,4,9H2,1-2H3,(H,10,11). The molecule has 0 aliphatic rings. The Morgan fingerprint density at radius 2 is 1.19 bits per heavy atom. The van der Waals surface area contributed by atoms with Crippen LogP contribution in [0.4, 0.5) is 0 Å². The molecule has 0 aromatic carbocycles. The van der Waals surface area contributed by atoms with Crippen LogP contribution in [-0.2, 0) is 13.0 Å². The van der Waals surface area contributed by atoms with E-state index in [0.717, 1.165) is 39.4 Å². The predicted molar refractivity (Wildman–Crippen MR) is 228 cm³/mol. The molecule has 6 heterocycles. The summed E-state index contributed by atoms with van der Waals surface area (Å²) in [7, 11) is 11.0. The maximum Gasteiger partial charge on any atom is 0.338 e. The number of aromatic nitrogens is 6. The number of Topliss-reactive ketones (excluding diaryl/α,β-unsaturated/α-hetero) is 1. The van der Waals surface area contributed by atoms with Crippen molar-refractivity contribution in [1.29, 1.82) is 0 Å². The van der Waals surface area contributed by atoms with Crippen LogP contribution < -0.4 is 26.3 Å². The molecule has 0 bridgehead atoms. The van der Waals surface area contributed by atoms with Crippen molar-refractivity contribution in [3.63, 3.8) is 0 Å². The first-order valence-electron chi connectivity index (χ1n) is 19.1. The molecule has 316 valence electrons. The predicted octanol–water partition coefficient (Wildman–Crippen LogP) is 5.20. The number of nitrogens with one attached hydrogen (secondary N) is 2. The van der Waals surface area contributed by atoms with Crippen LogP contribution in [0.3, 0.4) is 0 Å². The summed E-state index contributed by atoms with van der Waals surface area (Å²) in [5.41, 5.74) is 13.6. The molecule has 0 aliphatic carbocycles. The van der Waals surface area contributed by atoms with Crippen LogP contribution in [0.25, 0.3) is 11.0 Å². The van der Waals surface area contributed by atoms with E-state index in [1.807, 2.05) is 70.5 Å². The third kappa shape index (κ3) is 9.79. The number of nitrogens with two attached hydrogens (primary N) is 1. The van der Waals surface area contributed by atoms with E-state index in [2.05, 4.69) is 32.0 Å². The number of pyridine rings is 2. The van der Waals surface area contributed by atoms with Crippen LogP contribution in [0.5, 0.6) is 11.5 Å². The van der Waals surface area contributed by atoms with Gasteiger partial charge in [-0.15, -0.1) is 0 Å². The van der Waals surface area contributed by atoms with Crippen molar-refractivity contribution in [1.82, 2.24) is 39.0 Å². The topological polar surface area (TPSA) is 206 Å². The first kappa shape index (κ1) is 45.6. The molecular formula is C43H57N9O7. The van der Waals surface area contributed by atoms with Crippen molar-refractivity contribution < 1.29 is 24.2 Å². The van der Waals surface area contributed by atoms with Crippen molar-refractivity contribution in [2.75, 3.05) is 42.4 Å². The van der Waals surface area contributed by atoms with Gasteiger partial charge in [-0.3, -0.25) is 14.4 Å². The Bertz CT molecular complexity index is 2570. The quantitative estimate of drug-likeness (QED) is 0.118. The number of rotatable bonds is 12. The minimum absolute atomic E-state index is 0.00719. The number of methoxy groups -OCH3 is 2. The summed E-state index contributed by atoms with van der Waals surface area (Å²) < 4.78 is 13.9. The number of aryl methyl sites for hydroxylation is 2. The Hall–Kier alpha value is -6.10. The maximum absolute atomic E-state index is 13.2. The van der Waals surface area contributed by atoms with Crippen LogP contribution in [0.1, 0.15) is 98.1 Å². The van der Waals surface area contributed by atoms with E-state index in [1.54, 1.807) is 55.0 Å². The average Bonchev–Trinajstić information content (AvgIpc) is 3.66. The van der Waals surface area contributed by atoms with Crippen molar-refractivity contribution in [3.8, 4) is 11.5 Å². The Morgan fingerprint density at radius 1 is 0.763 bits per heavy atom. The molecular weight excluding hydrogens is 755 g/mol. The highest BCUT2D eigenvalue weighted by atomic mass is 16.5. The largest absolute Gasteiger partial charge is 0.496 e. The highest BCUT2D eigenvalue weighted by Gasteiger charge is 2.26. The van der Waals surface area contributed by atoms with Crippen LogP contribution in [-0.4, -0.2) is 98.3 Å². The molecule has 2 unspecified atom stereocenters. The van der Waals surface area contributed by atoms with Gasteiger partial charge in [0.05, 0.1) is 53.3 Å². The van der Waals surface area contributed by atoms with E-state index in [9.17, 15) is 24.3 Å². The highest BCUT2D eigenvalue weighted by Crippen LogP contribution is 2.31. The number of fused-ring (bicyclic) bond motifs is 2. The average molecular weight is 812 g/mol. The minimum atomic E-state index is -0.907. The van der Waals surface area contributed by atoms with Crippen molar-refractivity contribution in [3.05, 3.63) is 126 Å². The highest BCUT2D eigenvalue weighted by molar-refractivity contribution is 6.04. The molecule has 0 radical (unpaired) electrons. The van der Waals surface area contributed by atoms with E-state index in [0.29, 0.717) is 45.7 Å². The normalized spacial score (nSPS) is 12.2. The molecule has 0 amide bonds. The van der Waals surface area contributed by atoms with Gasteiger partial charge in [0.1, 0.15) is 11.5 Å². The molecule has 6 aromatic rings. The second-order valence-electron chi connectivity index (χ2n) is 14.8. The number of H-pyrrole nitrogens is 2. The molecule has 0 saturated carbocycles. The smallest absolute Gasteiger partial charge is 0.338 e. The fourth-order valence-electron chi connectivity index (χ4n) is 7.09. The molecule has 0 spiro atoms. The zero-order chi connectivity index (χ0) is 43.9. The monoisotopic (exact) mass is 811 g/mol. The second-order valence-corrected chi connectivity index (χ2v) is 14.8. The summed E-state index contributed by atoms with van der Waals surface area (Å²) in [5.74, 6) is 0.155. The fourth-order valence-corrected chi connectivity index (χ4v) is 7.09. The molecule has 16 nitrogen and oxygen atoms in total. The summed E-state index contributed by atoms with van der Waals surface area (Å²) >= 11 is 0. The number of carboxylic acids is 1. The number of carboxylic acid groups (broad SMARTS) is 1. The van der Waals surface area contributed by atoms with E-state index >= 15 is 0 Å². The van der Waals surface area contributed by atoms with Crippen molar-refractivity contribution in [2.45, 2.75) is 73.0 Å². The summed E-state index contributed by atoms with van der Waals surface area (Å²) in [4.78, 5) is 57.8. The molecule has 6 rings (SSSR count). The number of hydrogen-bond acceptors (Lipinski definition) is 11. The number of ether oxygens (including phenoxy) is 2. The van der Waals surface area contributed by atoms with Gasteiger partial charge in [-0.2, -0.15) is 10.2 Å². The fraction of sp³-hybridized carbons (Fsp3) is 0.395. The number of carbonyl (C=O) groups excluding carboxylic acids is 1. The van der Waals surface area contributed by atoms with Gasteiger partial charge in [-0.05, 0) is 124 Å². The van der Waals surface area contributed by atoms with Crippen LogP contribution in [0, 0.1) is 27.7 Å². The molecule has 0 aliphatic heterocycles. The van der Waals surface area contributed by atoms with E-state index in [1.165, 1.54) is 14.2 Å². The molecule has 0 fully saturated rings. The van der Waals surface area contributed by atoms with Gasteiger partial charge < -0.3 is 40.1 Å². The van der Waals surface area contributed by atoms with Gasteiger partial charge in [-0.1, -0.05) is 0 Å². The maximum atomic E-state index is 13.2. The number of aromatic carboxylic acids is 1. The first-order chi connectivity index (χ1) is 27.9. The Kier molecular flexibility index (Phi) is 15.1. The molecule has 16 heteroatoms. The van der Waals surface area contributed by atoms with Crippen molar-refractivity contribution >= 4 is 22.8 Å². The lowest BCUT2D eigenvalue weighted by atomic mass is 9.99. The lowest BCUT2D eigenvalue weighted by molar-refractivity contribution is 0.0698. The van der Waals surface area contributed by atoms with Crippen molar-refractivity contribution in [2.24, 2.45) is 5.73 Å². The minimum Gasteiger partial charge on any atom is -0.496 e. The van der Waals surface area contributed by atoms with Gasteiger partial charge in [0, 0.05) is 54.4 Å². The summed E-state index contributed by atoms with van der Waals surface area (Å²) in [6, 6.07) is 11.0. The Balaban J connectivity index is 0.000000217. The SMILES string of the molecule is COc1cc(C)[nH]c(=O)c1CCC(=O)c1c(C)c(C(C)N(C)C)n2ncccc12.COc1cc(C)[nH]c(=O)c1CN.Cc1c(C(=O)O)c2cccnn2c1C(C)N(C)C. The van der Waals surface area contributed by atoms with E-state index < -0.39 is 5.97 Å². The van der Waals surface area contributed by atoms with E-state index in [4.69, 9.17) is 15.2 Å². The molecule has 59 heavy (non-hydrogen) atoms. The summed E-state index contributed by atoms with van der Waals surface area (Å²) in [5, 5.41) is 18.1. The molecule has 0 saturated heterocycles. The number of nitrogens with zero attached hydrogens (tertiary/aromatic N) is 6. The molecule has 2 atom stereocenters. The second kappa shape index (κ2) is 19.6. The lowest BCUT2D eigenvalue weighted by Gasteiger charge is -2.20. The molecule has 5 N–H and O–H groups in total. The van der Waals surface area contributed by atoms with Gasteiger partial charge in [0.15, 0.2) is 5.78 Å². The zero-order valence-corrected chi connectivity index (χ0v) is 36.1. The number of aromatic amines is 2. The third-order valence-electron chi connectivity index (χ3n) is 10.5. The zero-order valence-electron chi connectivity index (χ0n) is 36.1. The van der Waals surface area contributed by atoms with Gasteiger partial charge in [0.25, 0.3) is 11.1 Å². The lowest BCUT2D eigenvalue weighted by Crippen LogP contribution is -2.19. The number of carbonyl (C=O) groups is 2. The van der Waals surface area contributed by atoms with Crippen LogP contribution in [0.15, 0.2) is 58.4 Å². The van der Waals surface area contributed by atoms with Gasteiger partial charge in [0.2, 0.25) is 0 Å². The van der Waals surface area contributed by atoms with Crippen LogP contribution in [0.2, 0.25) is 0 Å². The Morgan fingerprint density at radius 3 is 1.61 bits per heavy atom. The first-order valence-corrected chi connectivity index (χ1v) is 19.1. The summed E-state index contributed by atoms with van der Waals surface area (Å²) in [6.45, 7) is 11.7. The van der Waals surface area contributed by atoms with Gasteiger partial charge >= 0.3 is 5.97 Å². The van der Waals surface area contributed by atoms with Gasteiger partial charge in [-0.25, -0.2) is 13.8 Å². The third-order valence-corrected chi connectivity index (χ3v) is 10.5. The Labute approximate surface area is 343 Å². The number of ketones is 1.